The molecular formula is C16H16ClNO2. The Morgan fingerprint density at radius 1 is 1.15 bits per heavy atom. The lowest BCUT2D eigenvalue weighted by Gasteiger charge is -2.10. The summed E-state index contributed by atoms with van der Waals surface area (Å²) in [7, 11) is 1.54. The van der Waals surface area contributed by atoms with Crippen LogP contribution in [0, 0.1) is 13.8 Å². The average Bonchev–Trinajstić information content (AvgIpc) is 2.42. The van der Waals surface area contributed by atoms with Crippen molar-refractivity contribution in [3.8, 4) is 5.75 Å². The molecule has 0 heterocycles. The number of nitrogens with one attached hydrogen (secondary N) is 1. The molecule has 0 bridgehead atoms. The fraction of sp³-hybridized carbons (Fsp3) is 0.188. The van der Waals surface area contributed by atoms with Gasteiger partial charge in [0.1, 0.15) is 5.75 Å². The maximum atomic E-state index is 12.2. The van der Waals surface area contributed by atoms with Gasteiger partial charge in [-0.05, 0) is 49.2 Å². The maximum Gasteiger partial charge on any atom is 0.255 e. The van der Waals surface area contributed by atoms with E-state index in [4.69, 9.17) is 16.3 Å². The van der Waals surface area contributed by atoms with Crippen molar-refractivity contribution in [1.29, 1.82) is 0 Å². The summed E-state index contributed by atoms with van der Waals surface area (Å²) in [5.41, 5.74) is 3.42. The first-order valence-electron chi connectivity index (χ1n) is 6.23. The van der Waals surface area contributed by atoms with E-state index in [0.29, 0.717) is 16.3 Å². The van der Waals surface area contributed by atoms with Crippen LogP contribution in [0.5, 0.6) is 5.75 Å². The molecule has 104 valence electrons. The van der Waals surface area contributed by atoms with Crippen LogP contribution in [0.3, 0.4) is 0 Å². The number of benzene rings is 2. The van der Waals surface area contributed by atoms with Gasteiger partial charge in [0.25, 0.3) is 5.91 Å². The smallest absolute Gasteiger partial charge is 0.255 e. The zero-order valence-electron chi connectivity index (χ0n) is 11.7. The lowest BCUT2D eigenvalue weighted by Crippen LogP contribution is -2.13. The van der Waals surface area contributed by atoms with Crippen molar-refractivity contribution >= 4 is 23.2 Å². The Bertz CT molecular complexity index is 653. The van der Waals surface area contributed by atoms with E-state index >= 15 is 0 Å². The van der Waals surface area contributed by atoms with Crippen LogP contribution in [0.4, 0.5) is 5.69 Å². The molecule has 0 unspecified atom stereocenters. The predicted molar refractivity (Wildman–Crippen MR) is 81.9 cm³/mol. The topological polar surface area (TPSA) is 38.3 Å². The lowest BCUT2D eigenvalue weighted by molar-refractivity contribution is 0.102. The van der Waals surface area contributed by atoms with Gasteiger partial charge >= 0.3 is 0 Å². The van der Waals surface area contributed by atoms with E-state index < -0.39 is 0 Å². The molecule has 0 atom stereocenters. The van der Waals surface area contributed by atoms with Gasteiger partial charge in [0.15, 0.2) is 0 Å². The summed E-state index contributed by atoms with van der Waals surface area (Å²) in [6, 6.07) is 10.9. The van der Waals surface area contributed by atoms with Crippen molar-refractivity contribution < 1.29 is 9.53 Å². The van der Waals surface area contributed by atoms with Crippen LogP contribution in [0.2, 0.25) is 5.02 Å². The van der Waals surface area contributed by atoms with Crippen LogP contribution in [-0.2, 0) is 0 Å². The molecule has 1 amide bonds. The minimum atomic E-state index is -0.191. The van der Waals surface area contributed by atoms with Crippen molar-refractivity contribution in [2.75, 3.05) is 12.4 Å². The molecule has 3 nitrogen and oxygen atoms in total. The van der Waals surface area contributed by atoms with Crippen LogP contribution >= 0.6 is 11.6 Å². The van der Waals surface area contributed by atoms with E-state index in [-0.39, 0.29) is 5.91 Å². The number of halogens is 1. The number of anilines is 1. The van der Waals surface area contributed by atoms with E-state index in [2.05, 4.69) is 5.32 Å². The predicted octanol–water partition coefficient (Wildman–Crippen LogP) is 4.22. The van der Waals surface area contributed by atoms with E-state index in [1.54, 1.807) is 18.2 Å². The van der Waals surface area contributed by atoms with Crippen LogP contribution in [0.25, 0.3) is 0 Å². The Morgan fingerprint density at radius 2 is 1.90 bits per heavy atom. The molecular weight excluding hydrogens is 274 g/mol. The lowest BCUT2D eigenvalue weighted by atomic mass is 10.1. The Morgan fingerprint density at radius 3 is 2.55 bits per heavy atom. The van der Waals surface area contributed by atoms with Crippen molar-refractivity contribution in [2.24, 2.45) is 0 Å². The number of amides is 1. The molecule has 0 fully saturated rings. The average molecular weight is 290 g/mol. The molecule has 0 radical (unpaired) electrons. The van der Waals surface area contributed by atoms with Crippen molar-refractivity contribution in [2.45, 2.75) is 13.8 Å². The number of carbonyl (C=O) groups is 1. The quantitative estimate of drug-likeness (QED) is 0.919. The van der Waals surface area contributed by atoms with Crippen molar-refractivity contribution in [3.63, 3.8) is 0 Å². The molecule has 20 heavy (non-hydrogen) atoms. The third-order valence-corrected chi connectivity index (χ3v) is 3.35. The summed E-state index contributed by atoms with van der Waals surface area (Å²) >= 11 is 6.03. The second-order valence-corrected chi connectivity index (χ2v) is 5.03. The first kappa shape index (κ1) is 14.4. The first-order valence-corrected chi connectivity index (χ1v) is 6.61. The van der Waals surface area contributed by atoms with Gasteiger partial charge < -0.3 is 10.1 Å². The number of aryl methyl sites for hydroxylation is 2. The summed E-state index contributed by atoms with van der Waals surface area (Å²) in [5, 5.41) is 3.31. The van der Waals surface area contributed by atoms with Crippen molar-refractivity contribution in [1.82, 2.24) is 0 Å². The fourth-order valence-corrected chi connectivity index (χ4v) is 2.13. The van der Waals surface area contributed by atoms with Gasteiger partial charge in [-0.2, -0.15) is 0 Å². The Kier molecular flexibility index (Phi) is 4.30. The van der Waals surface area contributed by atoms with E-state index in [9.17, 15) is 4.79 Å². The SMILES string of the molecule is COc1ccc(C(=O)Nc2cc(C)ccc2C)cc1Cl. The van der Waals surface area contributed by atoms with E-state index in [1.807, 2.05) is 32.0 Å². The minimum absolute atomic E-state index is 0.191. The second kappa shape index (κ2) is 5.97. The molecule has 2 aromatic carbocycles. The summed E-state index contributed by atoms with van der Waals surface area (Å²) in [6.45, 7) is 3.94. The van der Waals surface area contributed by atoms with Gasteiger partial charge in [-0.25, -0.2) is 0 Å². The molecule has 2 aromatic rings. The highest BCUT2D eigenvalue weighted by molar-refractivity contribution is 6.32. The Balaban J connectivity index is 2.24. The number of carbonyl (C=O) groups excluding carboxylic acids is 1. The zero-order valence-corrected chi connectivity index (χ0v) is 12.4. The Labute approximate surface area is 123 Å². The highest BCUT2D eigenvalue weighted by Crippen LogP contribution is 2.25. The van der Waals surface area contributed by atoms with Crippen LogP contribution < -0.4 is 10.1 Å². The van der Waals surface area contributed by atoms with Crippen LogP contribution in [-0.4, -0.2) is 13.0 Å². The number of rotatable bonds is 3. The van der Waals surface area contributed by atoms with Crippen molar-refractivity contribution in [3.05, 3.63) is 58.1 Å². The number of methoxy groups -OCH3 is 1. The molecule has 0 aliphatic heterocycles. The molecule has 4 heteroatoms. The monoisotopic (exact) mass is 289 g/mol. The minimum Gasteiger partial charge on any atom is -0.495 e. The largest absolute Gasteiger partial charge is 0.495 e. The van der Waals surface area contributed by atoms with E-state index in [1.165, 1.54) is 7.11 Å². The maximum absolute atomic E-state index is 12.2. The highest BCUT2D eigenvalue weighted by atomic mass is 35.5. The second-order valence-electron chi connectivity index (χ2n) is 4.62. The zero-order chi connectivity index (χ0) is 14.7. The van der Waals surface area contributed by atoms with Gasteiger partial charge in [0.2, 0.25) is 0 Å². The molecule has 0 aliphatic rings. The number of hydrogen-bond acceptors (Lipinski definition) is 2. The summed E-state index contributed by atoms with van der Waals surface area (Å²) in [5.74, 6) is 0.359. The summed E-state index contributed by atoms with van der Waals surface area (Å²) in [6.07, 6.45) is 0. The fourth-order valence-electron chi connectivity index (χ4n) is 1.87. The molecule has 1 N–H and O–H groups in total. The van der Waals surface area contributed by atoms with Gasteiger partial charge in [-0.15, -0.1) is 0 Å². The normalized spacial score (nSPS) is 10.2. The standard InChI is InChI=1S/C16H16ClNO2/c1-10-4-5-11(2)14(8-10)18-16(19)12-6-7-15(20-3)13(17)9-12/h4-9H,1-3H3,(H,18,19). The molecule has 0 aromatic heterocycles. The van der Waals surface area contributed by atoms with Gasteiger partial charge in [-0.3, -0.25) is 4.79 Å². The molecule has 0 saturated carbocycles. The molecule has 0 spiro atoms. The van der Waals surface area contributed by atoms with Crippen LogP contribution in [0.1, 0.15) is 21.5 Å². The highest BCUT2D eigenvalue weighted by Gasteiger charge is 2.10. The number of hydrogen-bond donors (Lipinski definition) is 1. The summed E-state index contributed by atoms with van der Waals surface area (Å²) < 4.78 is 5.07. The molecule has 0 saturated heterocycles. The first-order chi connectivity index (χ1) is 9.51. The third kappa shape index (κ3) is 3.11. The van der Waals surface area contributed by atoms with Crippen LogP contribution in [0.15, 0.2) is 36.4 Å². The van der Waals surface area contributed by atoms with Gasteiger partial charge in [-0.1, -0.05) is 23.7 Å². The summed E-state index contributed by atoms with van der Waals surface area (Å²) in [4.78, 5) is 12.2. The molecule has 0 aliphatic carbocycles. The number of ether oxygens (including phenoxy) is 1. The van der Waals surface area contributed by atoms with E-state index in [0.717, 1.165) is 16.8 Å². The Hall–Kier alpha value is -2.00. The van der Waals surface area contributed by atoms with Gasteiger partial charge in [0.05, 0.1) is 12.1 Å². The van der Waals surface area contributed by atoms with Gasteiger partial charge in [0, 0.05) is 11.3 Å². The third-order valence-electron chi connectivity index (χ3n) is 3.06. The molecule has 2 rings (SSSR count).